The number of aromatic nitrogens is 2. The zero-order valence-corrected chi connectivity index (χ0v) is 11.7. The summed E-state index contributed by atoms with van der Waals surface area (Å²) < 4.78 is 3.83. The monoisotopic (exact) mass is 266 g/mol. The van der Waals surface area contributed by atoms with Gasteiger partial charge in [-0.1, -0.05) is 19.3 Å². The van der Waals surface area contributed by atoms with Crippen LogP contribution in [0.4, 0.5) is 0 Å². The highest BCUT2D eigenvalue weighted by atomic mass is 32.1. The zero-order valence-electron chi connectivity index (χ0n) is 10.8. The fourth-order valence-corrected chi connectivity index (χ4v) is 3.62. The Hall–Kier alpha value is -0.640. The van der Waals surface area contributed by atoms with Gasteiger partial charge in [0, 0.05) is 25.0 Å². The Morgan fingerprint density at radius 2 is 1.94 bits per heavy atom. The molecule has 0 bridgehead atoms. The van der Waals surface area contributed by atoms with Gasteiger partial charge in [0.25, 0.3) is 0 Å². The Morgan fingerprint density at radius 3 is 2.56 bits per heavy atom. The van der Waals surface area contributed by atoms with E-state index in [-0.39, 0.29) is 11.1 Å². The van der Waals surface area contributed by atoms with Crippen molar-refractivity contribution in [1.29, 1.82) is 0 Å². The molecule has 0 unspecified atom stereocenters. The molecule has 0 aromatic carbocycles. The first-order chi connectivity index (χ1) is 8.74. The Bertz CT molecular complexity index is 466. The second kappa shape index (κ2) is 4.80. The average Bonchev–Trinajstić information content (AvgIpc) is 3.18. The minimum atomic E-state index is 0.184. The molecule has 0 radical (unpaired) electrons. The highest BCUT2D eigenvalue weighted by molar-refractivity contribution is 7.80. The molecule has 0 atom stereocenters. The number of imidazole rings is 1. The number of thiol groups is 1. The van der Waals surface area contributed by atoms with Crippen molar-refractivity contribution in [3.63, 3.8) is 0 Å². The van der Waals surface area contributed by atoms with Crippen molar-refractivity contribution in [3.8, 4) is 0 Å². The van der Waals surface area contributed by atoms with E-state index >= 15 is 0 Å². The standard InChI is InChI=1S/C14H22N2OS/c17-13-15(8-9-16(13)12-4-5-12)10-14(11-18)6-2-1-3-7-14/h8-9,12,18H,1-7,10-11H2. The van der Waals surface area contributed by atoms with Gasteiger partial charge in [0.2, 0.25) is 0 Å². The highest BCUT2D eigenvalue weighted by Gasteiger charge is 2.32. The van der Waals surface area contributed by atoms with Gasteiger partial charge in [-0.3, -0.25) is 9.13 Å². The lowest BCUT2D eigenvalue weighted by Gasteiger charge is -2.36. The quantitative estimate of drug-likeness (QED) is 0.834. The molecule has 4 heteroatoms. The number of rotatable bonds is 4. The predicted octanol–water partition coefficient (Wildman–Crippen LogP) is 2.87. The maximum Gasteiger partial charge on any atom is 0.328 e. The van der Waals surface area contributed by atoms with Gasteiger partial charge in [-0.2, -0.15) is 12.6 Å². The molecule has 1 aromatic rings. The molecule has 2 aliphatic rings. The average molecular weight is 266 g/mol. The Morgan fingerprint density at radius 1 is 1.22 bits per heavy atom. The van der Waals surface area contributed by atoms with E-state index in [0.717, 1.165) is 12.3 Å². The third-order valence-electron chi connectivity index (χ3n) is 4.57. The summed E-state index contributed by atoms with van der Waals surface area (Å²) >= 11 is 4.55. The van der Waals surface area contributed by atoms with Crippen LogP contribution >= 0.6 is 12.6 Å². The fraction of sp³-hybridized carbons (Fsp3) is 0.786. The molecule has 2 fully saturated rings. The Labute approximate surface area is 114 Å². The van der Waals surface area contributed by atoms with Gasteiger partial charge in [-0.15, -0.1) is 0 Å². The molecule has 0 saturated heterocycles. The summed E-state index contributed by atoms with van der Waals surface area (Å²) in [5.41, 5.74) is 0.435. The second-order valence-corrected chi connectivity index (χ2v) is 6.38. The Balaban J connectivity index is 1.80. The van der Waals surface area contributed by atoms with Gasteiger partial charge in [0.05, 0.1) is 0 Å². The van der Waals surface area contributed by atoms with Crippen LogP contribution in [0, 0.1) is 5.41 Å². The second-order valence-electron chi connectivity index (χ2n) is 6.07. The molecule has 2 aliphatic carbocycles. The predicted molar refractivity (Wildman–Crippen MR) is 76.3 cm³/mol. The van der Waals surface area contributed by atoms with E-state index in [9.17, 15) is 4.79 Å². The first kappa shape index (κ1) is 12.4. The largest absolute Gasteiger partial charge is 0.328 e. The first-order valence-electron chi connectivity index (χ1n) is 7.12. The van der Waals surface area contributed by atoms with Crippen molar-refractivity contribution in [1.82, 2.24) is 9.13 Å². The van der Waals surface area contributed by atoms with Crippen molar-refractivity contribution in [3.05, 3.63) is 22.9 Å². The third kappa shape index (κ3) is 2.27. The van der Waals surface area contributed by atoms with Gasteiger partial charge in [0.15, 0.2) is 0 Å². The zero-order chi connectivity index (χ0) is 12.6. The molecule has 0 N–H and O–H groups in total. The van der Waals surface area contributed by atoms with E-state index in [0.29, 0.717) is 6.04 Å². The van der Waals surface area contributed by atoms with Crippen LogP contribution in [0.5, 0.6) is 0 Å². The number of hydrogen-bond acceptors (Lipinski definition) is 2. The van der Waals surface area contributed by atoms with Crippen molar-refractivity contribution in [2.24, 2.45) is 5.41 Å². The Kier molecular flexibility index (Phi) is 3.31. The lowest BCUT2D eigenvalue weighted by atomic mass is 9.75. The maximum atomic E-state index is 12.3. The molecule has 3 rings (SSSR count). The molecular formula is C14H22N2OS. The summed E-state index contributed by atoms with van der Waals surface area (Å²) in [6, 6.07) is 0.483. The van der Waals surface area contributed by atoms with Gasteiger partial charge in [0.1, 0.15) is 0 Å². The lowest BCUT2D eigenvalue weighted by molar-refractivity contribution is 0.187. The van der Waals surface area contributed by atoms with Crippen molar-refractivity contribution in [2.75, 3.05) is 5.75 Å². The van der Waals surface area contributed by atoms with Crippen LogP contribution in [-0.2, 0) is 6.54 Å². The molecular weight excluding hydrogens is 244 g/mol. The van der Waals surface area contributed by atoms with Gasteiger partial charge in [-0.25, -0.2) is 4.79 Å². The SMILES string of the molecule is O=c1n(CC2(CS)CCCCC2)ccn1C1CC1. The van der Waals surface area contributed by atoms with Gasteiger partial charge < -0.3 is 0 Å². The van der Waals surface area contributed by atoms with Crippen LogP contribution in [-0.4, -0.2) is 14.9 Å². The van der Waals surface area contributed by atoms with E-state index in [1.165, 1.54) is 44.9 Å². The van der Waals surface area contributed by atoms with Crippen LogP contribution < -0.4 is 5.69 Å². The van der Waals surface area contributed by atoms with E-state index in [1.54, 1.807) is 0 Å². The maximum absolute atomic E-state index is 12.3. The summed E-state index contributed by atoms with van der Waals surface area (Å²) in [5.74, 6) is 0.897. The lowest BCUT2D eigenvalue weighted by Crippen LogP contribution is -2.35. The van der Waals surface area contributed by atoms with Gasteiger partial charge >= 0.3 is 5.69 Å². The topological polar surface area (TPSA) is 26.9 Å². The molecule has 0 aliphatic heterocycles. The molecule has 1 aromatic heterocycles. The van der Waals surface area contributed by atoms with Crippen LogP contribution in [0.25, 0.3) is 0 Å². The highest BCUT2D eigenvalue weighted by Crippen LogP contribution is 2.39. The van der Waals surface area contributed by atoms with Crippen molar-refractivity contribution < 1.29 is 0 Å². The van der Waals surface area contributed by atoms with Crippen LogP contribution in [0.1, 0.15) is 51.0 Å². The summed E-state index contributed by atoms with van der Waals surface area (Å²) in [6.07, 6.45) is 12.6. The van der Waals surface area contributed by atoms with E-state index in [1.807, 2.05) is 21.5 Å². The van der Waals surface area contributed by atoms with E-state index in [2.05, 4.69) is 12.6 Å². The third-order valence-corrected chi connectivity index (χ3v) is 5.24. The summed E-state index contributed by atoms with van der Waals surface area (Å²) in [7, 11) is 0. The molecule has 2 saturated carbocycles. The molecule has 0 spiro atoms. The molecule has 0 amide bonds. The van der Waals surface area contributed by atoms with Crippen LogP contribution in [0.2, 0.25) is 0 Å². The molecule has 100 valence electrons. The normalized spacial score (nSPS) is 23.2. The van der Waals surface area contributed by atoms with Crippen LogP contribution in [0.3, 0.4) is 0 Å². The molecule has 1 heterocycles. The summed E-state index contributed by atoms with van der Waals surface area (Å²) in [5, 5.41) is 0. The molecule has 18 heavy (non-hydrogen) atoms. The van der Waals surface area contributed by atoms with Crippen molar-refractivity contribution in [2.45, 2.75) is 57.5 Å². The summed E-state index contributed by atoms with van der Waals surface area (Å²) in [6.45, 7) is 0.856. The smallest absolute Gasteiger partial charge is 0.299 e. The number of hydrogen-bond donors (Lipinski definition) is 1. The van der Waals surface area contributed by atoms with E-state index < -0.39 is 0 Å². The number of nitrogens with zero attached hydrogens (tertiary/aromatic N) is 2. The first-order valence-corrected chi connectivity index (χ1v) is 7.75. The minimum absolute atomic E-state index is 0.184. The van der Waals surface area contributed by atoms with E-state index in [4.69, 9.17) is 0 Å². The van der Waals surface area contributed by atoms with Gasteiger partial charge in [-0.05, 0) is 36.9 Å². The van der Waals surface area contributed by atoms with Crippen molar-refractivity contribution >= 4 is 12.6 Å². The van der Waals surface area contributed by atoms with Crippen LogP contribution in [0.15, 0.2) is 17.2 Å². The molecule has 3 nitrogen and oxygen atoms in total. The minimum Gasteiger partial charge on any atom is -0.299 e. The fourth-order valence-electron chi connectivity index (χ4n) is 3.21. The summed E-state index contributed by atoms with van der Waals surface area (Å²) in [4.78, 5) is 12.3.